The van der Waals surface area contributed by atoms with E-state index in [9.17, 15) is 4.79 Å². The van der Waals surface area contributed by atoms with Crippen molar-refractivity contribution in [3.63, 3.8) is 0 Å². The van der Waals surface area contributed by atoms with Gasteiger partial charge < -0.3 is 15.8 Å². The van der Waals surface area contributed by atoms with Crippen LogP contribution in [0.4, 0.5) is 11.4 Å². The number of nitrogen functional groups attached to an aromatic ring is 1. The van der Waals surface area contributed by atoms with Crippen molar-refractivity contribution in [2.45, 2.75) is 6.92 Å². The smallest absolute Gasteiger partial charge is 0.262 e. The minimum absolute atomic E-state index is 0.173. The van der Waals surface area contributed by atoms with E-state index in [-0.39, 0.29) is 17.5 Å². The van der Waals surface area contributed by atoms with Crippen molar-refractivity contribution in [2.75, 3.05) is 17.7 Å². The van der Waals surface area contributed by atoms with Gasteiger partial charge in [0.05, 0.1) is 5.02 Å². The molecule has 4 nitrogen and oxygen atoms in total. The normalized spacial score (nSPS) is 10.2. The Hall–Kier alpha value is -1.91. The average Bonchev–Trinajstić information content (AvgIpc) is 2.44. The van der Waals surface area contributed by atoms with Crippen LogP contribution in [-0.2, 0) is 4.79 Å². The first-order chi connectivity index (χ1) is 9.97. The van der Waals surface area contributed by atoms with Crippen LogP contribution in [0, 0.1) is 6.92 Å². The van der Waals surface area contributed by atoms with Crippen molar-refractivity contribution in [3.8, 4) is 5.75 Å². The fourth-order valence-electron chi connectivity index (χ4n) is 1.65. The summed E-state index contributed by atoms with van der Waals surface area (Å²) in [4.78, 5) is 11.8. The average molecular weight is 325 g/mol. The zero-order valence-electron chi connectivity index (χ0n) is 11.3. The van der Waals surface area contributed by atoms with Gasteiger partial charge in [-0.25, -0.2) is 0 Å². The van der Waals surface area contributed by atoms with Gasteiger partial charge in [-0.1, -0.05) is 35.3 Å². The van der Waals surface area contributed by atoms with Crippen LogP contribution in [0.25, 0.3) is 0 Å². The van der Waals surface area contributed by atoms with Gasteiger partial charge >= 0.3 is 0 Å². The van der Waals surface area contributed by atoms with Gasteiger partial charge in [-0.2, -0.15) is 0 Å². The predicted molar refractivity (Wildman–Crippen MR) is 86.2 cm³/mol. The number of amides is 1. The molecule has 110 valence electrons. The number of halogens is 2. The summed E-state index contributed by atoms with van der Waals surface area (Å²) in [7, 11) is 0. The fourth-order valence-corrected chi connectivity index (χ4v) is 2.00. The molecule has 2 aromatic carbocycles. The van der Waals surface area contributed by atoms with Gasteiger partial charge in [-0.3, -0.25) is 4.79 Å². The number of rotatable bonds is 4. The largest absolute Gasteiger partial charge is 0.482 e. The maximum Gasteiger partial charge on any atom is 0.262 e. The third kappa shape index (κ3) is 4.03. The molecule has 0 aromatic heterocycles. The second-order valence-corrected chi connectivity index (χ2v) is 5.25. The first kappa shape index (κ1) is 15.5. The third-order valence-electron chi connectivity index (χ3n) is 2.84. The first-order valence-corrected chi connectivity index (χ1v) is 6.96. The lowest BCUT2D eigenvalue weighted by atomic mass is 10.2. The number of hydrogen-bond donors (Lipinski definition) is 2. The van der Waals surface area contributed by atoms with Gasteiger partial charge in [0.25, 0.3) is 5.91 Å². The molecule has 0 aliphatic rings. The molecule has 21 heavy (non-hydrogen) atoms. The monoisotopic (exact) mass is 324 g/mol. The number of aryl methyl sites for hydroxylation is 1. The molecule has 1 amide bonds. The molecule has 0 fully saturated rings. The van der Waals surface area contributed by atoms with Crippen molar-refractivity contribution in [3.05, 3.63) is 52.0 Å². The van der Waals surface area contributed by atoms with Crippen LogP contribution in [-0.4, -0.2) is 12.5 Å². The molecule has 0 saturated carbocycles. The molecule has 0 aliphatic heterocycles. The summed E-state index contributed by atoms with van der Waals surface area (Å²) in [5.41, 5.74) is 7.97. The standard InChI is InChI=1S/C15H14Cl2N2O2/c1-9-5-6-10(7-12(9)18)19-14(20)8-21-13-4-2-3-11(16)15(13)17/h2-7H,8,18H2,1H3,(H,19,20). The summed E-state index contributed by atoms with van der Waals surface area (Å²) in [5.74, 6) is 0.0528. The minimum Gasteiger partial charge on any atom is -0.482 e. The van der Waals surface area contributed by atoms with Gasteiger partial charge in [0.15, 0.2) is 6.61 Å². The van der Waals surface area contributed by atoms with E-state index in [1.54, 1.807) is 30.3 Å². The van der Waals surface area contributed by atoms with E-state index in [2.05, 4.69) is 5.32 Å². The van der Waals surface area contributed by atoms with E-state index < -0.39 is 0 Å². The van der Waals surface area contributed by atoms with Gasteiger partial charge in [0.1, 0.15) is 10.8 Å². The van der Waals surface area contributed by atoms with Crippen LogP contribution >= 0.6 is 23.2 Å². The van der Waals surface area contributed by atoms with E-state index in [1.165, 1.54) is 0 Å². The van der Waals surface area contributed by atoms with Crippen LogP contribution in [0.15, 0.2) is 36.4 Å². The highest BCUT2D eigenvalue weighted by Crippen LogP contribution is 2.31. The highest BCUT2D eigenvalue weighted by Gasteiger charge is 2.09. The van der Waals surface area contributed by atoms with Crippen LogP contribution in [0.5, 0.6) is 5.75 Å². The van der Waals surface area contributed by atoms with E-state index >= 15 is 0 Å². The van der Waals surface area contributed by atoms with Crippen LogP contribution in [0.1, 0.15) is 5.56 Å². The highest BCUT2D eigenvalue weighted by molar-refractivity contribution is 6.42. The molecule has 0 unspecified atom stereocenters. The maximum atomic E-state index is 11.8. The summed E-state index contributed by atoms with van der Waals surface area (Å²) < 4.78 is 5.35. The summed E-state index contributed by atoms with van der Waals surface area (Å²) in [6, 6.07) is 10.3. The van der Waals surface area contributed by atoms with Gasteiger partial charge in [-0.05, 0) is 36.8 Å². The molecule has 0 saturated heterocycles. The number of benzene rings is 2. The number of hydrogen-bond acceptors (Lipinski definition) is 3. The van der Waals surface area contributed by atoms with Gasteiger partial charge in [0.2, 0.25) is 0 Å². The van der Waals surface area contributed by atoms with Crippen molar-refractivity contribution < 1.29 is 9.53 Å². The summed E-state index contributed by atoms with van der Waals surface area (Å²) in [6.45, 7) is 1.72. The van der Waals surface area contributed by atoms with Crippen molar-refractivity contribution >= 4 is 40.5 Å². The lowest BCUT2D eigenvalue weighted by Gasteiger charge is -2.10. The molecular formula is C15H14Cl2N2O2. The highest BCUT2D eigenvalue weighted by atomic mass is 35.5. The molecule has 2 aromatic rings. The minimum atomic E-state index is -0.311. The van der Waals surface area contributed by atoms with E-state index in [1.807, 2.05) is 13.0 Å². The maximum absolute atomic E-state index is 11.8. The number of ether oxygens (including phenoxy) is 1. The summed E-state index contributed by atoms with van der Waals surface area (Å²) in [5, 5.41) is 3.35. The molecule has 0 heterocycles. The molecule has 3 N–H and O–H groups in total. The Morgan fingerprint density at radius 1 is 1.29 bits per heavy atom. The molecule has 0 spiro atoms. The molecule has 6 heteroatoms. The molecular weight excluding hydrogens is 311 g/mol. The molecule has 2 rings (SSSR count). The topological polar surface area (TPSA) is 64.3 Å². The Bertz CT molecular complexity index is 675. The van der Waals surface area contributed by atoms with Crippen molar-refractivity contribution in [2.24, 2.45) is 0 Å². The number of carbonyl (C=O) groups is 1. The van der Waals surface area contributed by atoms with Gasteiger partial charge in [0, 0.05) is 11.4 Å². The molecule has 0 radical (unpaired) electrons. The Labute approximate surface area is 132 Å². The molecule has 0 aliphatic carbocycles. The zero-order valence-corrected chi connectivity index (χ0v) is 12.8. The zero-order chi connectivity index (χ0) is 15.4. The SMILES string of the molecule is Cc1ccc(NC(=O)COc2cccc(Cl)c2Cl)cc1N. The van der Waals surface area contributed by atoms with E-state index in [0.717, 1.165) is 5.56 Å². The molecule has 0 atom stereocenters. The van der Waals surface area contributed by atoms with E-state index in [4.69, 9.17) is 33.7 Å². The van der Waals surface area contributed by atoms with Crippen molar-refractivity contribution in [1.82, 2.24) is 0 Å². The van der Waals surface area contributed by atoms with Crippen LogP contribution in [0.2, 0.25) is 10.0 Å². The first-order valence-electron chi connectivity index (χ1n) is 6.20. The third-order valence-corrected chi connectivity index (χ3v) is 3.64. The summed E-state index contributed by atoms with van der Waals surface area (Å²) in [6.07, 6.45) is 0. The van der Waals surface area contributed by atoms with Crippen LogP contribution in [0.3, 0.4) is 0 Å². The van der Waals surface area contributed by atoms with Crippen LogP contribution < -0.4 is 15.8 Å². The Balaban J connectivity index is 1.96. The van der Waals surface area contributed by atoms with Gasteiger partial charge in [-0.15, -0.1) is 0 Å². The lowest BCUT2D eigenvalue weighted by Crippen LogP contribution is -2.20. The fraction of sp³-hybridized carbons (Fsp3) is 0.133. The quantitative estimate of drug-likeness (QED) is 0.838. The predicted octanol–water partition coefficient (Wildman–Crippen LogP) is 3.90. The Morgan fingerprint density at radius 2 is 2.05 bits per heavy atom. The molecule has 0 bridgehead atoms. The Kier molecular flexibility index (Phi) is 4.94. The Morgan fingerprint density at radius 3 is 2.76 bits per heavy atom. The summed E-state index contributed by atoms with van der Waals surface area (Å²) >= 11 is 11.8. The lowest BCUT2D eigenvalue weighted by molar-refractivity contribution is -0.118. The number of anilines is 2. The number of nitrogens with two attached hydrogens (primary N) is 1. The second kappa shape index (κ2) is 6.70. The number of carbonyl (C=O) groups excluding carboxylic acids is 1. The number of nitrogens with one attached hydrogen (secondary N) is 1. The second-order valence-electron chi connectivity index (χ2n) is 4.46. The van der Waals surface area contributed by atoms with Crippen molar-refractivity contribution in [1.29, 1.82) is 0 Å². The van der Waals surface area contributed by atoms with E-state index in [0.29, 0.717) is 22.1 Å².